The molecule has 0 radical (unpaired) electrons. The standard InChI is InChI=1S/C15H20ClNO2/c16-13-4-2-1-3-11(13)7-8-15(19)17-14(9-10-18)12-5-6-12/h1-4,12,14,18H,5-10H2,(H,17,19). The van der Waals surface area contributed by atoms with Gasteiger partial charge in [-0.1, -0.05) is 29.8 Å². The molecule has 1 fully saturated rings. The number of nitrogens with one attached hydrogen (secondary N) is 1. The summed E-state index contributed by atoms with van der Waals surface area (Å²) in [6, 6.07) is 7.74. The second-order valence-corrected chi connectivity index (χ2v) is 5.52. The molecule has 0 aliphatic heterocycles. The van der Waals surface area contributed by atoms with Gasteiger partial charge in [-0.25, -0.2) is 0 Å². The molecule has 1 atom stereocenters. The van der Waals surface area contributed by atoms with Gasteiger partial charge in [0.2, 0.25) is 5.91 Å². The number of hydrogen-bond acceptors (Lipinski definition) is 2. The lowest BCUT2D eigenvalue weighted by Gasteiger charge is -2.17. The third-order valence-electron chi connectivity index (χ3n) is 3.56. The first-order chi connectivity index (χ1) is 9.20. The lowest BCUT2D eigenvalue weighted by atomic mass is 10.1. The molecule has 1 aliphatic rings. The van der Waals surface area contributed by atoms with Gasteiger partial charge >= 0.3 is 0 Å². The van der Waals surface area contributed by atoms with Crippen molar-refractivity contribution in [1.82, 2.24) is 5.32 Å². The Hall–Kier alpha value is -1.06. The smallest absolute Gasteiger partial charge is 0.220 e. The Morgan fingerprint density at radius 2 is 2.16 bits per heavy atom. The molecule has 1 aromatic carbocycles. The fourth-order valence-electron chi connectivity index (χ4n) is 2.29. The highest BCUT2D eigenvalue weighted by molar-refractivity contribution is 6.31. The SMILES string of the molecule is O=C(CCc1ccccc1Cl)NC(CCO)C1CC1. The van der Waals surface area contributed by atoms with Crippen LogP contribution in [-0.2, 0) is 11.2 Å². The summed E-state index contributed by atoms with van der Waals surface area (Å²) in [6.07, 6.45) is 4.08. The van der Waals surface area contributed by atoms with Crippen LogP contribution in [0, 0.1) is 5.92 Å². The zero-order chi connectivity index (χ0) is 13.7. The van der Waals surface area contributed by atoms with E-state index < -0.39 is 0 Å². The van der Waals surface area contributed by atoms with Crippen molar-refractivity contribution in [2.45, 2.75) is 38.1 Å². The number of aliphatic hydroxyl groups is 1. The van der Waals surface area contributed by atoms with Gasteiger partial charge in [-0.3, -0.25) is 4.79 Å². The summed E-state index contributed by atoms with van der Waals surface area (Å²) in [7, 11) is 0. The Labute approximate surface area is 119 Å². The van der Waals surface area contributed by atoms with E-state index in [0.717, 1.165) is 18.4 Å². The molecule has 0 spiro atoms. The van der Waals surface area contributed by atoms with Crippen molar-refractivity contribution in [3.8, 4) is 0 Å². The molecule has 1 aromatic rings. The number of halogens is 1. The van der Waals surface area contributed by atoms with E-state index in [1.807, 2.05) is 24.3 Å². The Bertz CT molecular complexity index is 432. The monoisotopic (exact) mass is 281 g/mol. The minimum absolute atomic E-state index is 0.0465. The van der Waals surface area contributed by atoms with E-state index >= 15 is 0 Å². The maximum Gasteiger partial charge on any atom is 0.220 e. The highest BCUT2D eigenvalue weighted by Gasteiger charge is 2.31. The van der Waals surface area contributed by atoms with Crippen molar-refractivity contribution >= 4 is 17.5 Å². The summed E-state index contributed by atoms with van der Waals surface area (Å²) in [5, 5.41) is 12.7. The molecule has 19 heavy (non-hydrogen) atoms. The Morgan fingerprint density at radius 3 is 2.79 bits per heavy atom. The van der Waals surface area contributed by atoms with Crippen LogP contribution in [0.3, 0.4) is 0 Å². The largest absolute Gasteiger partial charge is 0.396 e. The number of hydrogen-bond donors (Lipinski definition) is 2. The first kappa shape index (κ1) is 14.4. The summed E-state index contributed by atoms with van der Waals surface area (Å²) >= 11 is 6.06. The molecule has 0 heterocycles. The van der Waals surface area contributed by atoms with E-state index in [4.69, 9.17) is 16.7 Å². The van der Waals surface area contributed by atoms with Gasteiger partial charge in [0.05, 0.1) is 0 Å². The third-order valence-corrected chi connectivity index (χ3v) is 3.93. The molecule has 1 aliphatic carbocycles. The van der Waals surface area contributed by atoms with E-state index in [0.29, 0.717) is 30.2 Å². The highest BCUT2D eigenvalue weighted by Crippen LogP contribution is 2.33. The normalized spacial score (nSPS) is 16.1. The fraction of sp³-hybridized carbons (Fsp3) is 0.533. The minimum atomic E-state index is 0.0465. The Balaban J connectivity index is 1.79. The van der Waals surface area contributed by atoms with Gasteiger partial charge in [0.25, 0.3) is 0 Å². The summed E-state index contributed by atoms with van der Waals surface area (Å²) in [5.41, 5.74) is 1.00. The number of carbonyl (C=O) groups is 1. The van der Waals surface area contributed by atoms with Crippen LogP contribution < -0.4 is 5.32 Å². The van der Waals surface area contributed by atoms with E-state index in [1.54, 1.807) is 0 Å². The van der Waals surface area contributed by atoms with Gasteiger partial charge in [0.15, 0.2) is 0 Å². The predicted molar refractivity (Wildman–Crippen MR) is 76.1 cm³/mol. The van der Waals surface area contributed by atoms with Crippen molar-refractivity contribution < 1.29 is 9.90 Å². The molecule has 1 amide bonds. The van der Waals surface area contributed by atoms with Crippen molar-refractivity contribution in [1.29, 1.82) is 0 Å². The number of carbonyl (C=O) groups excluding carboxylic acids is 1. The predicted octanol–water partition coefficient (Wildman–Crippen LogP) is 2.55. The number of benzene rings is 1. The molecule has 3 nitrogen and oxygen atoms in total. The van der Waals surface area contributed by atoms with Gasteiger partial charge in [-0.2, -0.15) is 0 Å². The average molecular weight is 282 g/mol. The molecule has 1 unspecified atom stereocenters. The van der Waals surface area contributed by atoms with E-state index in [2.05, 4.69) is 5.32 Å². The maximum absolute atomic E-state index is 11.9. The van der Waals surface area contributed by atoms with Crippen LogP contribution in [0.1, 0.15) is 31.2 Å². The van der Waals surface area contributed by atoms with Crippen molar-refractivity contribution in [3.05, 3.63) is 34.9 Å². The zero-order valence-corrected chi connectivity index (χ0v) is 11.7. The van der Waals surface area contributed by atoms with Crippen LogP contribution in [0.2, 0.25) is 5.02 Å². The second-order valence-electron chi connectivity index (χ2n) is 5.12. The fourth-order valence-corrected chi connectivity index (χ4v) is 2.52. The summed E-state index contributed by atoms with van der Waals surface area (Å²) in [5.74, 6) is 0.613. The van der Waals surface area contributed by atoms with Gasteiger partial charge in [-0.05, 0) is 43.2 Å². The van der Waals surface area contributed by atoms with Crippen LogP contribution in [0.15, 0.2) is 24.3 Å². The van der Waals surface area contributed by atoms with E-state index in [1.165, 1.54) is 0 Å². The van der Waals surface area contributed by atoms with Crippen molar-refractivity contribution in [2.75, 3.05) is 6.61 Å². The summed E-state index contributed by atoms with van der Waals surface area (Å²) < 4.78 is 0. The van der Waals surface area contributed by atoms with E-state index in [9.17, 15) is 4.79 Å². The lowest BCUT2D eigenvalue weighted by Crippen LogP contribution is -2.37. The topological polar surface area (TPSA) is 49.3 Å². The molecule has 2 rings (SSSR count). The summed E-state index contributed by atoms with van der Waals surface area (Å²) in [6.45, 7) is 0.131. The molecular formula is C15H20ClNO2. The van der Waals surface area contributed by atoms with Crippen LogP contribution in [0.25, 0.3) is 0 Å². The van der Waals surface area contributed by atoms with Crippen molar-refractivity contribution in [2.24, 2.45) is 5.92 Å². The molecule has 1 saturated carbocycles. The number of aliphatic hydroxyl groups excluding tert-OH is 1. The van der Waals surface area contributed by atoms with E-state index in [-0.39, 0.29) is 18.6 Å². The third kappa shape index (κ3) is 4.51. The van der Waals surface area contributed by atoms with Gasteiger partial charge in [0.1, 0.15) is 0 Å². The number of aryl methyl sites for hydroxylation is 1. The minimum Gasteiger partial charge on any atom is -0.396 e. The zero-order valence-electron chi connectivity index (χ0n) is 10.9. The quantitative estimate of drug-likeness (QED) is 0.807. The number of rotatable bonds is 7. The van der Waals surface area contributed by atoms with Crippen LogP contribution in [0.5, 0.6) is 0 Å². The van der Waals surface area contributed by atoms with Gasteiger partial charge in [0, 0.05) is 24.1 Å². The maximum atomic E-state index is 11.9. The second kappa shape index (κ2) is 6.92. The van der Waals surface area contributed by atoms with Crippen LogP contribution in [0.4, 0.5) is 0 Å². The molecule has 4 heteroatoms. The Morgan fingerprint density at radius 1 is 1.42 bits per heavy atom. The molecule has 0 bridgehead atoms. The average Bonchev–Trinajstić information content (AvgIpc) is 3.21. The molecular weight excluding hydrogens is 262 g/mol. The molecule has 2 N–H and O–H groups in total. The van der Waals surface area contributed by atoms with Crippen LogP contribution in [-0.4, -0.2) is 23.7 Å². The molecule has 104 valence electrons. The first-order valence-electron chi connectivity index (χ1n) is 6.84. The molecule has 0 saturated heterocycles. The highest BCUT2D eigenvalue weighted by atomic mass is 35.5. The molecule has 0 aromatic heterocycles. The van der Waals surface area contributed by atoms with Gasteiger partial charge in [-0.15, -0.1) is 0 Å². The lowest BCUT2D eigenvalue weighted by molar-refractivity contribution is -0.122. The van der Waals surface area contributed by atoms with Crippen LogP contribution >= 0.6 is 11.6 Å². The Kier molecular flexibility index (Phi) is 5.23. The van der Waals surface area contributed by atoms with Crippen molar-refractivity contribution in [3.63, 3.8) is 0 Å². The number of amides is 1. The summed E-state index contributed by atoms with van der Waals surface area (Å²) in [4.78, 5) is 11.9. The van der Waals surface area contributed by atoms with Gasteiger partial charge < -0.3 is 10.4 Å². The first-order valence-corrected chi connectivity index (χ1v) is 7.22.